The molecule has 0 N–H and O–H groups in total. The second kappa shape index (κ2) is 8.98. The minimum atomic E-state index is 0.403. The first-order chi connectivity index (χ1) is 13.7. The minimum Gasteiger partial charge on any atom is -0.370 e. The summed E-state index contributed by atoms with van der Waals surface area (Å²) in [6, 6.07) is 2.19. The second-order valence-electron chi connectivity index (χ2n) is 8.20. The zero-order chi connectivity index (χ0) is 19.3. The fraction of sp³-hybridized carbons (Fsp3) is 0.609. The summed E-state index contributed by atoms with van der Waals surface area (Å²) in [5.74, 6) is 6.73. The van der Waals surface area contributed by atoms with Gasteiger partial charge in [0, 0.05) is 51.3 Å². The monoisotopic (exact) mass is 380 g/mol. The topological polar surface area (TPSA) is 33.0 Å². The first-order valence-electron chi connectivity index (χ1n) is 10.6. The molecule has 0 saturated carbocycles. The van der Waals surface area contributed by atoms with Gasteiger partial charge in [0.2, 0.25) is 0 Å². The van der Waals surface area contributed by atoms with Crippen molar-refractivity contribution in [2.24, 2.45) is 5.92 Å². The average molecular weight is 381 g/mol. The molecule has 5 nitrogen and oxygen atoms in total. The number of hydrogen-bond acceptors (Lipinski definition) is 4. The Kier molecular flexibility index (Phi) is 6.19. The predicted octanol–water partition coefficient (Wildman–Crippen LogP) is 3.36. The van der Waals surface area contributed by atoms with Crippen LogP contribution >= 0.6 is 0 Å². The first-order valence-corrected chi connectivity index (χ1v) is 10.6. The zero-order valence-electron chi connectivity index (χ0n) is 17.2. The molecule has 150 valence electrons. The highest BCUT2D eigenvalue weighted by molar-refractivity contribution is 5.58. The van der Waals surface area contributed by atoms with E-state index in [9.17, 15) is 0 Å². The van der Waals surface area contributed by atoms with E-state index < -0.39 is 0 Å². The Morgan fingerprint density at radius 3 is 2.68 bits per heavy atom. The lowest BCUT2D eigenvalue weighted by molar-refractivity contribution is 0.0199. The maximum absolute atomic E-state index is 5.85. The zero-order valence-corrected chi connectivity index (χ0v) is 17.2. The number of hydrogen-bond donors (Lipinski definition) is 0. The Hall–Kier alpha value is -2.03. The summed E-state index contributed by atoms with van der Waals surface area (Å²) in [7, 11) is 0. The van der Waals surface area contributed by atoms with Gasteiger partial charge in [0.1, 0.15) is 12.3 Å². The van der Waals surface area contributed by atoms with Crippen LogP contribution in [0.25, 0.3) is 5.65 Å². The molecular formula is C23H32N4O. The van der Waals surface area contributed by atoms with E-state index in [1.165, 1.54) is 43.7 Å². The molecule has 2 aliphatic heterocycles. The summed E-state index contributed by atoms with van der Waals surface area (Å²) in [4.78, 5) is 9.60. The van der Waals surface area contributed by atoms with Crippen molar-refractivity contribution in [3.05, 3.63) is 30.2 Å². The Morgan fingerprint density at radius 1 is 1.14 bits per heavy atom. The molecule has 4 heterocycles. The van der Waals surface area contributed by atoms with Crippen LogP contribution in [-0.4, -0.2) is 59.7 Å². The van der Waals surface area contributed by atoms with Crippen LogP contribution in [0.2, 0.25) is 0 Å². The van der Waals surface area contributed by atoms with Gasteiger partial charge in [-0.25, -0.2) is 4.98 Å². The van der Waals surface area contributed by atoms with E-state index in [4.69, 9.17) is 4.74 Å². The van der Waals surface area contributed by atoms with Crippen LogP contribution in [0.3, 0.4) is 0 Å². The lowest BCUT2D eigenvalue weighted by Crippen LogP contribution is -2.43. The smallest absolute Gasteiger partial charge is 0.137 e. The van der Waals surface area contributed by atoms with E-state index in [-0.39, 0.29) is 0 Å². The highest BCUT2D eigenvalue weighted by Crippen LogP contribution is 2.28. The molecule has 0 bridgehead atoms. The van der Waals surface area contributed by atoms with Gasteiger partial charge in [-0.15, -0.1) is 5.92 Å². The summed E-state index contributed by atoms with van der Waals surface area (Å²) in [5.41, 5.74) is 3.72. The molecule has 4 rings (SSSR count). The predicted molar refractivity (Wildman–Crippen MR) is 114 cm³/mol. The first kappa shape index (κ1) is 19.3. The van der Waals surface area contributed by atoms with E-state index in [1.807, 2.05) is 19.3 Å². The van der Waals surface area contributed by atoms with Gasteiger partial charge in [-0.05, 0) is 57.1 Å². The fourth-order valence-electron chi connectivity index (χ4n) is 4.59. The van der Waals surface area contributed by atoms with Crippen LogP contribution in [0.5, 0.6) is 0 Å². The molecule has 0 aliphatic carbocycles. The van der Waals surface area contributed by atoms with Crippen molar-refractivity contribution in [3.8, 4) is 11.8 Å². The van der Waals surface area contributed by atoms with Crippen LogP contribution in [0.1, 0.15) is 38.2 Å². The van der Waals surface area contributed by atoms with Crippen molar-refractivity contribution >= 4 is 11.3 Å². The SMILES string of the molecule is CC#CCOC1CCN(CC2CCN(c3cn4ccnc4cc3C)CC2)CC1. The number of aryl methyl sites for hydroxylation is 1. The molecule has 0 unspecified atom stereocenters. The van der Waals surface area contributed by atoms with Crippen molar-refractivity contribution in [2.45, 2.75) is 45.6 Å². The van der Waals surface area contributed by atoms with Crippen molar-refractivity contribution in [1.82, 2.24) is 14.3 Å². The summed E-state index contributed by atoms with van der Waals surface area (Å²) in [5, 5.41) is 0. The van der Waals surface area contributed by atoms with Gasteiger partial charge in [-0.2, -0.15) is 0 Å². The number of fused-ring (bicyclic) bond motifs is 1. The van der Waals surface area contributed by atoms with E-state index in [0.29, 0.717) is 12.7 Å². The van der Waals surface area contributed by atoms with Crippen molar-refractivity contribution in [3.63, 3.8) is 0 Å². The van der Waals surface area contributed by atoms with Gasteiger partial charge in [0.25, 0.3) is 0 Å². The van der Waals surface area contributed by atoms with Crippen molar-refractivity contribution in [1.29, 1.82) is 0 Å². The van der Waals surface area contributed by atoms with E-state index in [0.717, 1.165) is 37.5 Å². The Morgan fingerprint density at radius 2 is 1.93 bits per heavy atom. The number of nitrogens with zero attached hydrogens (tertiary/aromatic N) is 4. The lowest BCUT2D eigenvalue weighted by atomic mass is 9.94. The number of rotatable bonds is 5. The molecule has 0 amide bonds. The van der Waals surface area contributed by atoms with Gasteiger partial charge in [-0.3, -0.25) is 0 Å². The van der Waals surface area contributed by atoms with Crippen molar-refractivity contribution < 1.29 is 4.74 Å². The van der Waals surface area contributed by atoms with E-state index in [2.05, 4.69) is 50.2 Å². The van der Waals surface area contributed by atoms with Gasteiger partial charge in [-0.1, -0.05) is 5.92 Å². The maximum atomic E-state index is 5.85. The number of piperidine rings is 2. The molecule has 0 radical (unpaired) electrons. The fourth-order valence-corrected chi connectivity index (χ4v) is 4.59. The number of likely N-dealkylation sites (tertiary alicyclic amines) is 1. The summed E-state index contributed by atoms with van der Waals surface area (Å²) in [6.07, 6.45) is 11.4. The second-order valence-corrected chi connectivity index (χ2v) is 8.20. The normalized spacial score (nSPS) is 19.7. The number of ether oxygens (including phenoxy) is 1. The Labute approximate surface area is 168 Å². The molecule has 2 fully saturated rings. The summed E-state index contributed by atoms with van der Waals surface area (Å²) < 4.78 is 7.98. The van der Waals surface area contributed by atoms with Crippen LogP contribution in [0.15, 0.2) is 24.7 Å². The minimum absolute atomic E-state index is 0.403. The standard InChI is InChI=1S/C23H32N4O/c1-3-4-15-28-21-7-10-25(11-8-21)17-20-5-12-26(13-6-20)22-18-27-14-9-24-23(27)16-19(22)2/h9,14,16,18,20-21H,5-8,10-13,15,17H2,1-2H3. The highest BCUT2D eigenvalue weighted by atomic mass is 16.5. The van der Waals surface area contributed by atoms with Crippen molar-refractivity contribution in [2.75, 3.05) is 44.2 Å². The van der Waals surface area contributed by atoms with E-state index >= 15 is 0 Å². The average Bonchev–Trinajstić information content (AvgIpc) is 3.17. The molecule has 0 atom stereocenters. The molecule has 2 aliphatic rings. The molecule has 2 saturated heterocycles. The molecule has 5 heteroatoms. The number of imidazole rings is 1. The van der Waals surface area contributed by atoms with Gasteiger partial charge in [0.15, 0.2) is 0 Å². The van der Waals surface area contributed by atoms with Gasteiger partial charge < -0.3 is 18.9 Å². The highest BCUT2D eigenvalue weighted by Gasteiger charge is 2.25. The molecule has 0 aromatic carbocycles. The summed E-state index contributed by atoms with van der Waals surface area (Å²) >= 11 is 0. The molecule has 28 heavy (non-hydrogen) atoms. The van der Waals surface area contributed by atoms with Crippen LogP contribution in [-0.2, 0) is 4.74 Å². The molecule has 2 aromatic rings. The third kappa shape index (κ3) is 4.51. The lowest BCUT2D eigenvalue weighted by Gasteiger charge is -2.38. The van der Waals surface area contributed by atoms with Gasteiger partial charge in [0.05, 0.1) is 11.8 Å². The number of pyridine rings is 1. The number of aromatic nitrogens is 2. The van der Waals surface area contributed by atoms with Crippen LogP contribution < -0.4 is 4.90 Å². The third-order valence-electron chi connectivity index (χ3n) is 6.28. The van der Waals surface area contributed by atoms with Crippen LogP contribution in [0, 0.1) is 24.7 Å². The number of anilines is 1. The molecule has 0 spiro atoms. The largest absolute Gasteiger partial charge is 0.370 e. The van der Waals surface area contributed by atoms with Crippen LogP contribution in [0.4, 0.5) is 5.69 Å². The maximum Gasteiger partial charge on any atom is 0.137 e. The Bertz CT molecular complexity index is 833. The third-order valence-corrected chi connectivity index (χ3v) is 6.28. The molecular weight excluding hydrogens is 348 g/mol. The Balaban J connectivity index is 1.24. The summed E-state index contributed by atoms with van der Waals surface area (Å²) in [6.45, 7) is 10.5. The quantitative estimate of drug-likeness (QED) is 0.745. The molecule has 2 aromatic heterocycles. The van der Waals surface area contributed by atoms with Gasteiger partial charge >= 0.3 is 0 Å². The van der Waals surface area contributed by atoms with E-state index in [1.54, 1.807) is 0 Å².